The summed E-state index contributed by atoms with van der Waals surface area (Å²) < 4.78 is 28.1. The van der Waals surface area contributed by atoms with Crippen LogP contribution in [-0.2, 0) is 17.1 Å². The van der Waals surface area contributed by atoms with Crippen molar-refractivity contribution in [3.8, 4) is 0 Å². The lowest BCUT2D eigenvalue weighted by atomic mass is 10.2. The van der Waals surface area contributed by atoms with Crippen LogP contribution in [0.3, 0.4) is 0 Å². The number of aryl methyl sites for hydroxylation is 2. The van der Waals surface area contributed by atoms with Crippen LogP contribution in [0.15, 0.2) is 11.2 Å². The summed E-state index contributed by atoms with van der Waals surface area (Å²) in [7, 11) is -1.67. The summed E-state index contributed by atoms with van der Waals surface area (Å²) in [6, 6.07) is 0. The lowest BCUT2D eigenvalue weighted by Crippen LogP contribution is -2.25. The molecule has 0 saturated heterocycles. The van der Waals surface area contributed by atoms with Gasteiger partial charge in [0.1, 0.15) is 5.82 Å². The van der Waals surface area contributed by atoms with Gasteiger partial charge in [-0.25, -0.2) is 18.1 Å². The summed E-state index contributed by atoms with van der Waals surface area (Å²) >= 11 is 3.37. The van der Waals surface area contributed by atoms with Gasteiger partial charge in [0, 0.05) is 25.1 Å². The number of halogens is 1. The van der Waals surface area contributed by atoms with E-state index in [2.05, 4.69) is 25.6 Å². The molecule has 0 aliphatic heterocycles. The SMILES string of the molecule is Cc1nc(S(=O)(=O)NCCCCCCBr)cn1C. The van der Waals surface area contributed by atoms with Crippen LogP contribution in [-0.4, -0.2) is 29.8 Å². The third kappa shape index (κ3) is 4.70. The summed E-state index contributed by atoms with van der Waals surface area (Å²) in [6.07, 6.45) is 5.68. The highest BCUT2D eigenvalue weighted by molar-refractivity contribution is 9.09. The first-order chi connectivity index (χ1) is 8.47. The van der Waals surface area contributed by atoms with Gasteiger partial charge in [-0.2, -0.15) is 0 Å². The topological polar surface area (TPSA) is 64.0 Å². The van der Waals surface area contributed by atoms with Crippen LogP contribution < -0.4 is 4.72 Å². The number of nitrogens with one attached hydrogen (secondary N) is 1. The second-order valence-corrected chi connectivity index (χ2v) is 6.75. The Morgan fingerprint density at radius 1 is 1.33 bits per heavy atom. The van der Waals surface area contributed by atoms with Gasteiger partial charge >= 0.3 is 0 Å². The predicted molar refractivity (Wildman–Crippen MR) is 75.4 cm³/mol. The Labute approximate surface area is 117 Å². The second kappa shape index (κ2) is 7.25. The molecule has 18 heavy (non-hydrogen) atoms. The van der Waals surface area contributed by atoms with E-state index in [0.29, 0.717) is 12.4 Å². The van der Waals surface area contributed by atoms with Gasteiger partial charge in [0.25, 0.3) is 10.0 Å². The Kier molecular flexibility index (Phi) is 6.31. The molecule has 1 aromatic rings. The minimum atomic E-state index is -3.45. The quantitative estimate of drug-likeness (QED) is 0.582. The molecule has 5 nitrogen and oxygen atoms in total. The lowest BCUT2D eigenvalue weighted by molar-refractivity contribution is 0.570. The highest BCUT2D eigenvalue weighted by Crippen LogP contribution is 2.08. The number of sulfonamides is 1. The van der Waals surface area contributed by atoms with Crippen LogP contribution >= 0.6 is 15.9 Å². The molecular formula is C11H20BrN3O2S. The Morgan fingerprint density at radius 2 is 2.00 bits per heavy atom. The van der Waals surface area contributed by atoms with Gasteiger partial charge in [0.05, 0.1) is 0 Å². The summed E-state index contributed by atoms with van der Waals surface area (Å²) in [5, 5.41) is 1.11. The molecule has 7 heteroatoms. The van der Waals surface area contributed by atoms with Gasteiger partial charge < -0.3 is 4.57 Å². The summed E-state index contributed by atoms with van der Waals surface area (Å²) in [6.45, 7) is 2.25. The van der Waals surface area contributed by atoms with Crippen LogP contribution in [0.1, 0.15) is 31.5 Å². The molecule has 0 bridgehead atoms. The molecule has 0 atom stereocenters. The van der Waals surface area contributed by atoms with E-state index in [0.717, 1.165) is 31.0 Å². The number of alkyl halides is 1. The van der Waals surface area contributed by atoms with E-state index in [1.54, 1.807) is 18.5 Å². The van der Waals surface area contributed by atoms with E-state index in [1.807, 2.05) is 0 Å². The van der Waals surface area contributed by atoms with Crippen molar-refractivity contribution in [1.29, 1.82) is 0 Å². The van der Waals surface area contributed by atoms with Crippen molar-refractivity contribution in [3.05, 3.63) is 12.0 Å². The zero-order chi connectivity index (χ0) is 13.6. The maximum absolute atomic E-state index is 11.9. The Hall–Kier alpha value is -0.400. The molecule has 0 fully saturated rings. The molecule has 0 spiro atoms. The number of aromatic nitrogens is 2. The van der Waals surface area contributed by atoms with E-state index in [1.165, 1.54) is 6.20 Å². The van der Waals surface area contributed by atoms with Crippen LogP contribution in [0.2, 0.25) is 0 Å². The Balaban J connectivity index is 2.41. The number of imidazole rings is 1. The minimum Gasteiger partial charge on any atom is -0.337 e. The Morgan fingerprint density at radius 3 is 2.56 bits per heavy atom. The fourth-order valence-corrected chi connectivity index (χ4v) is 3.02. The van der Waals surface area contributed by atoms with E-state index in [9.17, 15) is 8.42 Å². The predicted octanol–water partition coefficient (Wildman–Crippen LogP) is 1.96. The van der Waals surface area contributed by atoms with Crippen molar-refractivity contribution in [3.63, 3.8) is 0 Å². The van der Waals surface area contributed by atoms with Gasteiger partial charge in [-0.15, -0.1) is 0 Å². The second-order valence-electron chi connectivity index (χ2n) is 4.24. The molecule has 0 aliphatic rings. The number of hydrogen-bond acceptors (Lipinski definition) is 3. The van der Waals surface area contributed by atoms with Gasteiger partial charge in [-0.3, -0.25) is 0 Å². The Bertz CT molecular complexity index is 451. The van der Waals surface area contributed by atoms with Gasteiger partial charge in [-0.1, -0.05) is 28.8 Å². The fourth-order valence-electron chi connectivity index (χ4n) is 1.51. The molecule has 104 valence electrons. The third-order valence-corrected chi connectivity index (χ3v) is 4.61. The molecule has 0 unspecified atom stereocenters. The van der Waals surface area contributed by atoms with Crippen LogP contribution in [0, 0.1) is 6.92 Å². The van der Waals surface area contributed by atoms with Crippen molar-refractivity contribution < 1.29 is 8.42 Å². The number of rotatable bonds is 8. The maximum atomic E-state index is 11.9. The van der Waals surface area contributed by atoms with Crippen molar-refractivity contribution in [2.45, 2.75) is 37.6 Å². The maximum Gasteiger partial charge on any atom is 0.259 e. The number of hydrogen-bond donors (Lipinski definition) is 1. The molecule has 1 rings (SSSR count). The molecule has 1 N–H and O–H groups in total. The van der Waals surface area contributed by atoms with Crippen molar-refractivity contribution in [1.82, 2.24) is 14.3 Å². The zero-order valence-electron chi connectivity index (χ0n) is 10.8. The van der Waals surface area contributed by atoms with Gasteiger partial charge in [0.15, 0.2) is 5.03 Å². The molecule has 1 heterocycles. The average molecular weight is 338 g/mol. The molecule has 0 saturated carbocycles. The van der Waals surface area contributed by atoms with Crippen LogP contribution in [0.5, 0.6) is 0 Å². The zero-order valence-corrected chi connectivity index (χ0v) is 13.2. The fraction of sp³-hybridized carbons (Fsp3) is 0.727. The molecule has 0 radical (unpaired) electrons. The van der Waals surface area contributed by atoms with E-state index in [-0.39, 0.29) is 5.03 Å². The molecule has 1 aromatic heterocycles. The molecular weight excluding hydrogens is 318 g/mol. The smallest absolute Gasteiger partial charge is 0.259 e. The number of unbranched alkanes of at least 4 members (excludes halogenated alkanes) is 3. The third-order valence-electron chi connectivity index (χ3n) is 2.71. The highest BCUT2D eigenvalue weighted by atomic mass is 79.9. The monoisotopic (exact) mass is 337 g/mol. The van der Waals surface area contributed by atoms with Crippen molar-refractivity contribution in [2.24, 2.45) is 7.05 Å². The van der Waals surface area contributed by atoms with Gasteiger partial charge in [0.2, 0.25) is 0 Å². The number of nitrogens with zero attached hydrogens (tertiary/aromatic N) is 2. The molecule has 0 aliphatic carbocycles. The first kappa shape index (κ1) is 15.7. The van der Waals surface area contributed by atoms with Crippen LogP contribution in [0.4, 0.5) is 0 Å². The minimum absolute atomic E-state index is 0.1000. The normalized spacial score (nSPS) is 11.9. The molecule has 0 amide bonds. The highest BCUT2D eigenvalue weighted by Gasteiger charge is 2.17. The molecule has 0 aromatic carbocycles. The summed E-state index contributed by atoms with van der Waals surface area (Å²) in [5.74, 6) is 0.688. The van der Waals surface area contributed by atoms with Gasteiger partial charge in [-0.05, 0) is 19.8 Å². The summed E-state index contributed by atoms with van der Waals surface area (Å²) in [5.41, 5.74) is 0. The van der Waals surface area contributed by atoms with E-state index < -0.39 is 10.0 Å². The standard InChI is InChI=1S/C11H20BrN3O2S/c1-10-14-11(9-15(10)2)18(16,17)13-8-6-4-3-5-7-12/h9,13H,3-8H2,1-2H3. The first-order valence-corrected chi connectivity index (χ1v) is 8.63. The summed E-state index contributed by atoms with van der Waals surface area (Å²) in [4.78, 5) is 4.02. The van der Waals surface area contributed by atoms with E-state index in [4.69, 9.17) is 0 Å². The van der Waals surface area contributed by atoms with Crippen LogP contribution in [0.25, 0.3) is 0 Å². The van der Waals surface area contributed by atoms with Crippen molar-refractivity contribution >= 4 is 26.0 Å². The lowest BCUT2D eigenvalue weighted by Gasteiger charge is -2.03. The largest absolute Gasteiger partial charge is 0.337 e. The average Bonchev–Trinajstić information content (AvgIpc) is 2.65. The first-order valence-electron chi connectivity index (χ1n) is 6.03. The van der Waals surface area contributed by atoms with Crippen molar-refractivity contribution in [2.75, 3.05) is 11.9 Å². The van der Waals surface area contributed by atoms with E-state index >= 15 is 0 Å².